The Morgan fingerprint density at radius 2 is 0.846 bits per heavy atom. The predicted molar refractivity (Wildman–Crippen MR) is 223 cm³/mol. The third-order valence-electron chi connectivity index (χ3n) is 11.3. The molecule has 0 aliphatic heterocycles. The number of nitrogens with one attached hydrogen (secondary N) is 1. The molecule has 0 saturated heterocycles. The third-order valence-corrected chi connectivity index (χ3v) is 11.3. The molecule has 10 rings (SSSR count). The van der Waals surface area contributed by atoms with Gasteiger partial charge in [0.1, 0.15) is 0 Å². The zero-order valence-corrected chi connectivity index (χ0v) is 29.3. The van der Waals surface area contributed by atoms with Gasteiger partial charge >= 0.3 is 0 Å². The highest BCUT2D eigenvalue weighted by Crippen LogP contribution is 2.50. The van der Waals surface area contributed by atoms with Crippen LogP contribution in [0.2, 0.25) is 0 Å². The highest BCUT2D eigenvalue weighted by atomic mass is 14.9. The monoisotopic (exact) mass is 663 g/mol. The van der Waals surface area contributed by atoms with Gasteiger partial charge in [-0.05, 0) is 107 Å². The van der Waals surface area contributed by atoms with Crippen molar-refractivity contribution >= 4 is 43.7 Å². The molecule has 0 unspecified atom stereocenters. The minimum absolute atomic E-state index is 0.0365. The fourth-order valence-corrected chi connectivity index (χ4v) is 8.67. The van der Waals surface area contributed by atoms with Crippen molar-refractivity contribution in [3.63, 3.8) is 0 Å². The summed E-state index contributed by atoms with van der Waals surface area (Å²) < 4.78 is 0. The fourth-order valence-electron chi connectivity index (χ4n) is 8.67. The Labute approximate surface area is 304 Å². The van der Waals surface area contributed by atoms with Crippen molar-refractivity contribution < 1.29 is 0 Å². The van der Waals surface area contributed by atoms with E-state index in [0.717, 1.165) is 11.4 Å². The Hall–Kier alpha value is -6.44. The van der Waals surface area contributed by atoms with Crippen LogP contribution in [0, 0.1) is 0 Å². The number of hydrogen-bond donors (Lipinski definition) is 1. The summed E-state index contributed by atoms with van der Waals surface area (Å²) in [7, 11) is 0. The lowest BCUT2D eigenvalue weighted by atomic mass is 9.81. The molecule has 1 nitrogen and oxygen atoms in total. The average molecular weight is 664 g/mol. The first-order valence-corrected chi connectivity index (χ1v) is 18.2. The molecule has 246 valence electrons. The molecule has 52 heavy (non-hydrogen) atoms. The molecule has 0 heterocycles. The van der Waals surface area contributed by atoms with E-state index < -0.39 is 0 Å². The molecule has 0 amide bonds. The second-order valence-corrected chi connectivity index (χ2v) is 14.6. The van der Waals surface area contributed by atoms with Crippen molar-refractivity contribution in [1.29, 1.82) is 0 Å². The summed E-state index contributed by atoms with van der Waals surface area (Å²) in [6, 6.07) is 66.7. The van der Waals surface area contributed by atoms with Crippen LogP contribution in [0.3, 0.4) is 0 Å². The first kappa shape index (κ1) is 30.4. The van der Waals surface area contributed by atoms with E-state index in [1.807, 2.05) is 0 Å². The van der Waals surface area contributed by atoms with Crippen molar-refractivity contribution in [2.24, 2.45) is 0 Å². The molecule has 1 aliphatic carbocycles. The normalized spacial score (nSPS) is 13.0. The Morgan fingerprint density at radius 1 is 0.346 bits per heavy atom. The highest BCUT2D eigenvalue weighted by molar-refractivity contribution is 6.12. The lowest BCUT2D eigenvalue weighted by Gasteiger charge is -2.22. The summed E-state index contributed by atoms with van der Waals surface area (Å²) in [5, 5.41) is 11.2. The Bertz CT molecular complexity index is 2830. The molecule has 9 aromatic rings. The number of benzene rings is 9. The Morgan fingerprint density at radius 3 is 1.63 bits per heavy atom. The molecule has 1 heteroatoms. The molecule has 0 radical (unpaired) electrons. The number of hydrogen-bond acceptors (Lipinski definition) is 1. The minimum Gasteiger partial charge on any atom is -0.355 e. The van der Waals surface area contributed by atoms with Crippen molar-refractivity contribution in [2.75, 3.05) is 5.32 Å². The van der Waals surface area contributed by atoms with Gasteiger partial charge in [-0.15, -0.1) is 0 Å². The van der Waals surface area contributed by atoms with Gasteiger partial charge in [0.05, 0.1) is 0 Å². The van der Waals surface area contributed by atoms with E-state index in [1.165, 1.54) is 88.0 Å². The van der Waals surface area contributed by atoms with Gasteiger partial charge in [0.25, 0.3) is 0 Å². The number of anilines is 2. The van der Waals surface area contributed by atoms with Crippen LogP contribution in [0.4, 0.5) is 11.4 Å². The van der Waals surface area contributed by atoms with Crippen LogP contribution in [0.25, 0.3) is 76.8 Å². The molecule has 0 spiro atoms. The zero-order chi connectivity index (χ0) is 34.8. The molecule has 1 aliphatic rings. The minimum atomic E-state index is -0.0365. The highest BCUT2D eigenvalue weighted by Gasteiger charge is 2.35. The summed E-state index contributed by atoms with van der Waals surface area (Å²) >= 11 is 0. The molecule has 0 atom stereocenters. The first-order chi connectivity index (χ1) is 25.5. The maximum absolute atomic E-state index is 3.74. The number of rotatable bonds is 5. The Kier molecular flexibility index (Phi) is 6.91. The lowest BCUT2D eigenvalue weighted by molar-refractivity contribution is 0.660. The van der Waals surface area contributed by atoms with Crippen LogP contribution in [-0.4, -0.2) is 0 Å². The van der Waals surface area contributed by atoms with E-state index in [2.05, 4.69) is 201 Å². The molecular formula is C51H37N. The lowest BCUT2D eigenvalue weighted by Crippen LogP contribution is -2.14. The van der Waals surface area contributed by atoms with E-state index in [0.29, 0.717) is 0 Å². The zero-order valence-electron chi connectivity index (χ0n) is 29.3. The van der Waals surface area contributed by atoms with Crippen LogP contribution < -0.4 is 5.32 Å². The largest absolute Gasteiger partial charge is 0.355 e. The van der Waals surface area contributed by atoms with Crippen molar-refractivity contribution in [3.8, 4) is 44.5 Å². The molecule has 0 bridgehead atoms. The van der Waals surface area contributed by atoms with Crippen molar-refractivity contribution in [1.82, 2.24) is 0 Å². The van der Waals surface area contributed by atoms with Crippen molar-refractivity contribution in [2.45, 2.75) is 19.3 Å². The van der Waals surface area contributed by atoms with Gasteiger partial charge < -0.3 is 5.32 Å². The van der Waals surface area contributed by atoms with E-state index in [4.69, 9.17) is 0 Å². The van der Waals surface area contributed by atoms with Gasteiger partial charge in [-0.25, -0.2) is 0 Å². The summed E-state index contributed by atoms with van der Waals surface area (Å²) in [5.41, 5.74) is 15.1. The van der Waals surface area contributed by atoms with Crippen LogP contribution in [0.15, 0.2) is 182 Å². The van der Waals surface area contributed by atoms with Crippen LogP contribution in [-0.2, 0) is 5.41 Å². The molecule has 9 aromatic carbocycles. The van der Waals surface area contributed by atoms with Gasteiger partial charge in [-0.2, -0.15) is 0 Å². The Balaban J connectivity index is 1.02. The maximum atomic E-state index is 3.74. The van der Waals surface area contributed by atoms with Gasteiger partial charge in [-0.3, -0.25) is 0 Å². The van der Waals surface area contributed by atoms with Crippen molar-refractivity contribution in [3.05, 3.63) is 193 Å². The van der Waals surface area contributed by atoms with Crippen LogP contribution in [0.1, 0.15) is 25.0 Å². The van der Waals surface area contributed by atoms with Gasteiger partial charge in [0.2, 0.25) is 0 Å². The second kappa shape index (κ2) is 11.8. The third kappa shape index (κ3) is 4.77. The SMILES string of the molecule is CC1(C)c2ccccc2-c2ccc(-c3ccc(-c4ccc(Nc5ccc(-c6cccc7ccccc67)cc5)c5ccccc45)c4ccccc34)cc21. The van der Waals surface area contributed by atoms with Crippen LogP contribution >= 0.6 is 0 Å². The topological polar surface area (TPSA) is 12.0 Å². The summed E-state index contributed by atoms with van der Waals surface area (Å²) in [6.07, 6.45) is 0. The summed E-state index contributed by atoms with van der Waals surface area (Å²) in [6.45, 7) is 4.71. The van der Waals surface area contributed by atoms with E-state index in [-0.39, 0.29) is 5.41 Å². The summed E-state index contributed by atoms with van der Waals surface area (Å²) in [4.78, 5) is 0. The quantitative estimate of drug-likeness (QED) is 0.193. The van der Waals surface area contributed by atoms with E-state index in [1.54, 1.807) is 0 Å². The van der Waals surface area contributed by atoms with Gasteiger partial charge in [0, 0.05) is 22.2 Å². The van der Waals surface area contributed by atoms with E-state index in [9.17, 15) is 0 Å². The maximum Gasteiger partial charge on any atom is 0.0464 e. The first-order valence-electron chi connectivity index (χ1n) is 18.2. The molecule has 1 N–H and O–H groups in total. The smallest absolute Gasteiger partial charge is 0.0464 e. The second-order valence-electron chi connectivity index (χ2n) is 14.6. The van der Waals surface area contributed by atoms with Crippen LogP contribution in [0.5, 0.6) is 0 Å². The molecule has 0 saturated carbocycles. The summed E-state index contributed by atoms with van der Waals surface area (Å²) in [5.74, 6) is 0. The molecule has 0 aromatic heterocycles. The number of fused-ring (bicyclic) bond motifs is 6. The predicted octanol–water partition coefficient (Wildman–Crippen LogP) is 14.2. The standard InChI is InChI=1S/C51H37N/c1-51(2)48-21-10-9-18-45(48)46-27-24-35(32-49(46)51)39-28-29-43(41-16-6-5-15-40(39)41)44-30-31-50(47-19-8-7-17-42(44)47)52-36-25-22-34(23-26-36)38-20-11-13-33-12-3-4-14-37(33)38/h3-32,52H,1-2H3. The molecular weight excluding hydrogens is 627 g/mol. The average Bonchev–Trinajstić information content (AvgIpc) is 3.43. The van der Waals surface area contributed by atoms with E-state index >= 15 is 0 Å². The molecule has 0 fully saturated rings. The van der Waals surface area contributed by atoms with Gasteiger partial charge in [0.15, 0.2) is 0 Å². The van der Waals surface area contributed by atoms with Gasteiger partial charge in [-0.1, -0.05) is 172 Å². The fraction of sp³-hybridized carbons (Fsp3) is 0.0588.